The number of hydrogen-bond donors (Lipinski definition) is 1. The number of benzene rings is 1. The molecule has 0 bridgehead atoms. The summed E-state index contributed by atoms with van der Waals surface area (Å²) in [6.07, 6.45) is 1.19. The van der Waals surface area contributed by atoms with Crippen LogP contribution in [0.5, 0.6) is 11.5 Å². The molecule has 0 unspecified atom stereocenters. The highest BCUT2D eigenvalue weighted by Crippen LogP contribution is 2.39. The first-order chi connectivity index (χ1) is 8.19. The summed E-state index contributed by atoms with van der Waals surface area (Å²) in [6, 6.07) is 5.50. The number of ether oxygens (including phenoxy) is 3. The summed E-state index contributed by atoms with van der Waals surface area (Å²) in [6.45, 7) is 1.15. The lowest BCUT2D eigenvalue weighted by atomic mass is 9.86. The van der Waals surface area contributed by atoms with Gasteiger partial charge in [0.1, 0.15) is 11.5 Å². The van der Waals surface area contributed by atoms with Crippen molar-refractivity contribution in [3.05, 3.63) is 23.8 Å². The van der Waals surface area contributed by atoms with E-state index in [4.69, 9.17) is 14.2 Å². The highest BCUT2D eigenvalue weighted by Gasteiger charge is 2.34. The quantitative estimate of drug-likeness (QED) is 0.870. The van der Waals surface area contributed by atoms with Crippen LogP contribution in [0.15, 0.2) is 18.2 Å². The molecule has 0 saturated carbocycles. The van der Waals surface area contributed by atoms with Crippen LogP contribution in [-0.4, -0.2) is 32.5 Å². The predicted molar refractivity (Wildman–Crippen MR) is 63.5 cm³/mol. The van der Waals surface area contributed by atoms with E-state index in [1.807, 2.05) is 12.1 Å². The van der Waals surface area contributed by atoms with Crippen LogP contribution in [0.4, 0.5) is 0 Å². The van der Waals surface area contributed by atoms with E-state index in [9.17, 15) is 5.11 Å². The van der Waals surface area contributed by atoms with Gasteiger partial charge in [-0.3, -0.25) is 0 Å². The molecule has 1 N–H and O–H groups in total. The first-order valence-corrected chi connectivity index (χ1v) is 5.72. The van der Waals surface area contributed by atoms with Gasteiger partial charge in [-0.15, -0.1) is 0 Å². The SMILES string of the molecule is COc1ccc(C2(O)CCOCC2)c(OC)c1. The van der Waals surface area contributed by atoms with Crippen molar-refractivity contribution >= 4 is 0 Å². The minimum atomic E-state index is -0.851. The van der Waals surface area contributed by atoms with E-state index in [1.54, 1.807) is 20.3 Å². The maximum absolute atomic E-state index is 10.6. The second-order valence-corrected chi connectivity index (χ2v) is 4.21. The number of aliphatic hydroxyl groups is 1. The molecule has 0 aromatic heterocycles. The Balaban J connectivity index is 2.36. The average molecular weight is 238 g/mol. The molecule has 1 saturated heterocycles. The van der Waals surface area contributed by atoms with Crippen LogP contribution in [0, 0.1) is 0 Å². The zero-order valence-corrected chi connectivity index (χ0v) is 10.2. The van der Waals surface area contributed by atoms with Gasteiger partial charge in [0.05, 0.1) is 19.8 Å². The van der Waals surface area contributed by atoms with Crippen LogP contribution >= 0.6 is 0 Å². The summed E-state index contributed by atoms with van der Waals surface area (Å²) in [5.41, 5.74) is -0.0420. The van der Waals surface area contributed by atoms with Gasteiger partial charge in [-0.2, -0.15) is 0 Å². The third-order valence-corrected chi connectivity index (χ3v) is 3.23. The minimum absolute atomic E-state index is 0.575. The van der Waals surface area contributed by atoms with Crippen LogP contribution in [0.3, 0.4) is 0 Å². The lowest BCUT2D eigenvalue weighted by Crippen LogP contribution is -2.33. The van der Waals surface area contributed by atoms with E-state index in [1.165, 1.54) is 0 Å². The standard InChI is InChI=1S/C13H18O4/c1-15-10-3-4-11(12(9-10)16-2)13(14)5-7-17-8-6-13/h3-4,9,14H,5-8H2,1-2H3. The second-order valence-electron chi connectivity index (χ2n) is 4.21. The van der Waals surface area contributed by atoms with Crippen molar-refractivity contribution in [1.29, 1.82) is 0 Å². The molecule has 4 nitrogen and oxygen atoms in total. The number of hydrogen-bond acceptors (Lipinski definition) is 4. The third kappa shape index (κ3) is 2.37. The van der Waals surface area contributed by atoms with Gasteiger partial charge in [-0.05, 0) is 12.1 Å². The van der Waals surface area contributed by atoms with Gasteiger partial charge in [0.15, 0.2) is 0 Å². The molecule has 1 aromatic rings. The molecule has 1 aliphatic rings. The van der Waals surface area contributed by atoms with Crippen molar-refractivity contribution in [2.75, 3.05) is 27.4 Å². The summed E-state index contributed by atoms with van der Waals surface area (Å²) in [4.78, 5) is 0. The highest BCUT2D eigenvalue weighted by molar-refractivity contribution is 5.44. The van der Waals surface area contributed by atoms with Gasteiger partial charge in [-0.25, -0.2) is 0 Å². The molecule has 1 aliphatic heterocycles. The lowest BCUT2D eigenvalue weighted by Gasteiger charge is -2.33. The first kappa shape index (κ1) is 12.2. The van der Waals surface area contributed by atoms with Crippen molar-refractivity contribution < 1.29 is 19.3 Å². The molecule has 1 fully saturated rings. The lowest BCUT2D eigenvalue weighted by molar-refractivity contribution is -0.0689. The molecule has 17 heavy (non-hydrogen) atoms. The molecule has 0 amide bonds. The molecule has 94 valence electrons. The van der Waals surface area contributed by atoms with Gasteiger partial charge in [-0.1, -0.05) is 0 Å². The molecule has 2 rings (SSSR count). The van der Waals surface area contributed by atoms with Gasteiger partial charge in [0.2, 0.25) is 0 Å². The van der Waals surface area contributed by atoms with Gasteiger partial charge in [0, 0.05) is 37.7 Å². The van der Waals surface area contributed by atoms with E-state index in [-0.39, 0.29) is 0 Å². The van der Waals surface area contributed by atoms with Crippen LogP contribution < -0.4 is 9.47 Å². The van der Waals surface area contributed by atoms with Crippen molar-refractivity contribution in [1.82, 2.24) is 0 Å². The largest absolute Gasteiger partial charge is 0.497 e. The maximum Gasteiger partial charge on any atom is 0.128 e. The molecule has 0 aliphatic carbocycles. The molecule has 0 radical (unpaired) electrons. The van der Waals surface area contributed by atoms with E-state index < -0.39 is 5.60 Å². The Morgan fingerprint density at radius 3 is 2.47 bits per heavy atom. The zero-order chi connectivity index (χ0) is 12.3. The molecule has 0 atom stereocenters. The zero-order valence-electron chi connectivity index (χ0n) is 10.2. The summed E-state index contributed by atoms with van der Waals surface area (Å²) in [5.74, 6) is 1.38. The Hall–Kier alpha value is -1.26. The Morgan fingerprint density at radius 2 is 1.88 bits per heavy atom. The topological polar surface area (TPSA) is 47.9 Å². The second kappa shape index (κ2) is 4.94. The van der Waals surface area contributed by atoms with Crippen molar-refractivity contribution in [2.24, 2.45) is 0 Å². The maximum atomic E-state index is 10.6. The van der Waals surface area contributed by atoms with Gasteiger partial charge < -0.3 is 19.3 Å². The average Bonchev–Trinajstić information content (AvgIpc) is 2.38. The predicted octanol–water partition coefficient (Wildman–Crippen LogP) is 1.70. The van der Waals surface area contributed by atoms with E-state index in [2.05, 4.69) is 0 Å². The third-order valence-electron chi connectivity index (χ3n) is 3.23. The monoisotopic (exact) mass is 238 g/mol. The molecule has 1 aromatic carbocycles. The summed E-state index contributed by atoms with van der Waals surface area (Å²) in [7, 11) is 3.21. The highest BCUT2D eigenvalue weighted by atomic mass is 16.5. The van der Waals surface area contributed by atoms with Crippen molar-refractivity contribution in [2.45, 2.75) is 18.4 Å². The fraction of sp³-hybridized carbons (Fsp3) is 0.538. The van der Waals surface area contributed by atoms with Gasteiger partial charge in [0.25, 0.3) is 0 Å². The van der Waals surface area contributed by atoms with E-state index >= 15 is 0 Å². The summed E-state index contributed by atoms with van der Waals surface area (Å²) in [5, 5.41) is 10.6. The van der Waals surface area contributed by atoms with Gasteiger partial charge >= 0.3 is 0 Å². The summed E-state index contributed by atoms with van der Waals surface area (Å²) < 4.78 is 15.8. The number of rotatable bonds is 3. The van der Waals surface area contributed by atoms with Crippen LogP contribution in [0.2, 0.25) is 0 Å². The van der Waals surface area contributed by atoms with Crippen molar-refractivity contribution in [3.63, 3.8) is 0 Å². The van der Waals surface area contributed by atoms with Crippen LogP contribution in [0.25, 0.3) is 0 Å². The van der Waals surface area contributed by atoms with E-state index in [0.29, 0.717) is 31.8 Å². The Kier molecular flexibility index (Phi) is 3.54. The minimum Gasteiger partial charge on any atom is -0.497 e. The molecular weight excluding hydrogens is 220 g/mol. The Morgan fingerprint density at radius 1 is 1.18 bits per heavy atom. The van der Waals surface area contributed by atoms with Crippen LogP contribution in [-0.2, 0) is 10.3 Å². The fourth-order valence-corrected chi connectivity index (χ4v) is 2.16. The smallest absolute Gasteiger partial charge is 0.128 e. The number of methoxy groups -OCH3 is 2. The van der Waals surface area contributed by atoms with E-state index in [0.717, 1.165) is 11.3 Å². The Bertz CT molecular complexity index is 383. The van der Waals surface area contributed by atoms with Crippen LogP contribution in [0.1, 0.15) is 18.4 Å². The molecule has 0 spiro atoms. The Labute approximate surface area is 101 Å². The molecule has 1 heterocycles. The first-order valence-electron chi connectivity index (χ1n) is 5.72. The molecule has 4 heteroatoms. The van der Waals surface area contributed by atoms with Crippen molar-refractivity contribution in [3.8, 4) is 11.5 Å². The summed E-state index contributed by atoms with van der Waals surface area (Å²) >= 11 is 0. The fourth-order valence-electron chi connectivity index (χ4n) is 2.16. The normalized spacial score (nSPS) is 18.8. The molecular formula is C13H18O4.